The van der Waals surface area contributed by atoms with Gasteiger partial charge in [-0.05, 0) is 25.3 Å². The Morgan fingerprint density at radius 3 is 2.46 bits per heavy atom. The molecule has 0 aliphatic carbocycles. The standard InChI is InChI=1S/C17H22N2O5.C2H6/c1-2-23-17(22)18-10-6-9-13-14(19-15(13)20)16(21)24-11-12-7-4-3-5-8-12;1-2/h3-5,7-8,13-14H,2,6,9-11H2,1H3,(H,18,22)(H,19,20);1-2H3/t13-,14?;/m1./s1. The first-order valence-corrected chi connectivity index (χ1v) is 9.03. The van der Waals surface area contributed by atoms with Crippen molar-refractivity contribution in [2.45, 2.75) is 46.3 Å². The molecule has 1 aromatic carbocycles. The Morgan fingerprint density at radius 2 is 1.85 bits per heavy atom. The largest absolute Gasteiger partial charge is 0.459 e. The molecule has 1 unspecified atom stereocenters. The number of carbonyl (C=O) groups is 3. The van der Waals surface area contributed by atoms with Gasteiger partial charge in [-0.25, -0.2) is 9.59 Å². The lowest BCUT2D eigenvalue weighted by Gasteiger charge is -2.34. The maximum Gasteiger partial charge on any atom is 0.407 e. The van der Waals surface area contributed by atoms with Crippen molar-refractivity contribution in [2.75, 3.05) is 13.2 Å². The minimum atomic E-state index is -0.608. The van der Waals surface area contributed by atoms with Gasteiger partial charge in [0.05, 0.1) is 12.5 Å². The van der Waals surface area contributed by atoms with Crippen LogP contribution in [-0.4, -0.2) is 37.2 Å². The van der Waals surface area contributed by atoms with Crippen LogP contribution in [0.1, 0.15) is 39.2 Å². The van der Waals surface area contributed by atoms with E-state index in [4.69, 9.17) is 9.47 Å². The molecule has 0 spiro atoms. The van der Waals surface area contributed by atoms with E-state index >= 15 is 0 Å². The third-order valence-corrected chi connectivity index (χ3v) is 3.75. The summed E-state index contributed by atoms with van der Waals surface area (Å²) in [7, 11) is 0. The highest BCUT2D eigenvalue weighted by molar-refractivity contribution is 5.97. The zero-order valence-electron chi connectivity index (χ0n) is 15.6. The molecule has 1 saturated heterocycles. The summed E-state index contributed by atoms with van der Waals surface area (Å²) in [6.45, 7) is 6.62. The fraction of sp³-hybridized carbons (Fsp3) is 0.526. The van der Waals surface area contributed by atoms with Crippen LogP contribution < -0.4 is 10.6 Å². The van der Waals surface area contributed by atoms with Crippen LogP contribution in [-0.2, 0) is 25.7 Å². The molecule has 2 rings (SSSR count). The second-order valence-electron chi connectivity index (χ2n) is 5.48. The number of hydrogen-bond acceptors (Lipinski definition) is 5. The minimum absolute atomic E-state index is 0.159. The Bertz CT molecular complexity index is 577. The SMILES string of the molecule is CC.CCOC(=O)NCCC[C@H]1C(=O)NC1C(=O)OCc1ccccc1. The highest BCUT2D eigenvalue weighted by atomic mass is 16.5. The Morgan fingerprint density at radius 1 is 1.15 bits per heavy atom. The number of esters is 1. The van der Waals surface area contributed by atoms with E-state index in [1.807, 2.05) is 44.2 Å². The predicted octanol–water partition coefficient (Wildman–Crippen LogP) is 2.40. The van der Waals surface area contributed by atoms with Gasteiger partial charge < -0.3 is 20.1 Å². The quantitative estimate of drug-likeness (QED) is 0.420. The molecule has 0 aromatic heterocycles. The minimum Gasteiger partial charge on any atom is -0.459 e. The van der Waals surface area contributed by atoms with E-state index in [0.717, 1.165) is 5.56 Å². The van der Waals surface area contributed by atoms with Crippen molar-refractivity contribution in [3.8, 4) is 0 Å². The molecule has 144 valence electrons. The van der Waals surface area contributed by atoms with Crippen LogP contribution in [0, 0.1) is 5.92 Å². The van der Waals surface area contributed by atoms with E-state index in [1.165, 1.54) is 0 Å². The van der Waals surface area contributed by atoms with Gasteiger partial charge >= 0.3 is 12.1 Å². The first kappa shape index (κ1) is 21.5. The van der Waals surface area contributed by atoms with Crippen LogP contribution in [0.4, 0.5) is 4.79 Å². The van der Waals surface area contributed by atoms with Gasteiger partial charge in [0.1, 0.15) is 12.6 Å². The average Bonchev–Trinajstić information content (AvgIpc) is 2.66. The summed E-state index contributed by atoms with van der Waals surface area (Å²) in [6.07, 6.45) is 0.609. The lowest BCUT2D eigenvalue weighted by Crippen LogP contribution is -2.62. The lowest BCUT2D eigenvalue weighted by atomic mass is 9.86. The summed E-state index contributed by atoms with van der Waals surface area (Å²) in [5, 5.41) is 5.16. The monoisotopic (exact) mass is 364 g/mol. The molecule has 0 saturated carbocycles. The van der Waals surface area contributed by atoms with Crippen LogP contribution >= 0.6 is 0 Å². The Kier molecular flexibility index (Phi) is 9.82. The molecule has 0 radical (unpaired) electrons. The number of ether oxygens (including phenoxy) is 2. The predicted molar refractivity (Wildman–Crippen MR) is 97.3 cm³/mol. The van der Waals surface area contributed by atoms with E-state index in [0.29, 0.717) is 26.0 Å². The summed E-state index contributed by atoms with van der Waals surface area (Å²) in [6, 6.07) is 8.75. The molecule has 2 atom stereocenters. The lowest BCUT2D eigenvalue weighted by molar-refractivity contribution is -0.159. The van der Waals surface area contributed by atoms with Crippen molar-refractivity contribution in [1.82, 2.24) is 10.6 Å². The molecule has 1 aliphatic heterocycles. The molecule has 1 aromatic rings. The number of carbonyl (C=O) groups excluding carboxylic acids is 3. The summed E-state index contributed by atoms with van der Waals surface area (Å²) in [4.78, 5) is 34.8. The van der Waals surface area contributed by atoms with Crippen molar-refractivity contribution in [2.24, 2.45) is 5.92 Å². The van der Waals surface area contributed by atoms with Gasteiger partial charge in [-0.2, -0.15) is 0 Å². The topological polar surface area (TPSA) is 93.7 Å². The number of alkyl carbamates (subject to hydrolysis) is 1. The zero-order chi connectivity index (χ0) is 19.4. The summed E-state index contributed by atoms with van der Waals surface area (Å²) in [5.74, 6) is -0.994. The summed E-state index contributed by atoms with van der Waals surface area (Å²) >= 11 is 0. The van der Waals surface area contributed by atoms with Crippen LogP contribution in [0.2, 0.25) is 0 Å². The van der Waals surface area contributed by atoms with Gasteiger partial charge in [0.2, 0.25) is 5.91 Å². The molecule has 0 bridgehead atoms. The Hall–Kier alpha value is -2.57. The first-order valence-electron chi connectivity index (χ1n) is 9.03. The van der Waals surface area contributed by atoms with Crippen molar-refractivity contribution >= 4 is 18.0 Å². The summed E-state index contributed by atoms with van der Waals surface area (Å²) < 4.78 is 9.98. The van der Waals surface area contributed by atoms with Crippen molar-refractivity contribution in [1.29, 1.82) is 0 Å². The van der Waals surface area contributed by atoms with Crippen LogP contribution in [0.25, 0.3) is 0 Å². The maximum absolute atomic E-state index is 12.1. The van der Waals surface area contributed by atoms with Gasteiger partial charge in [-0.15, -0.1) is 0 Å². The van der Waals surface area contributed by atoms with Gasteiger partial charge in [0.15, 0.2) is 0 Å². The Labute approximate surface area is 154 Å². The molecule has 2 amide bonds. The highest BCUT2D eigenvalue weighted by Crippen LogP contribution is 2.22. The van der Waals surface area contributed by atoms with Gasteiger partial charge in [-0.1, -0.05) is 44.2 Å². The zero-order valence-corrected chi connectivity index (χ0v) is 15.6. The van der Waals surface area contributed by atoms with Gasteiger partial charge in [-0.3, -0.25) is 4.79 Å². The number of amides is 2. The molecule has 7 nitrogen and oxygen atoms in total. The van der Waals surface area contributed by atoms with E-state index in [2.05, 4.69) is 10.6 Å². The summed E-state index contributed by atoms with van der Waals surface area (Å²) in [5.41, 5.74) is 0.895. The molecule has 1 aliphatic rings. The van der Waals surface area contributed by atoms with Gasteiger partial charge in [0, 0.05) is 6.54 Å². The second-order valence-corrected chi connectivity index (χ2v) is 5.48. The Balaban J connectivity index is 0.00000163. The number of β-lactam (4-membered cyclic amide) rings is 1. The molecule has 1 fully saturated rings. The third kappa shape index (κ3) is 6.74. The number of rotatable bonds is 8. The van der Waals surface area contributed by atoms with E-state index in [9.17, 15) is 14.4 Å². The molecular weight excluding hydrogens is 336 g/mol. The van der Waals surface area contributed by atoms with E-state index in [1.54, 1.807) is 6.92 Å². The molecule has 1 heterocycles. The molecular formula is C19H28N2O5. The average molecular weight is 364 g/mol. The fourth-order valence-electron chi connectivity index (χ4n) is 2.45. The maximum atomic E-state index is 12.1. The molecule has 26 heavy (non-hydrogen) atoms. The third-order valence-electron chi connectivity index (χ3n) is 3.75. The number of benzene rings is 1. The highest BCUT2D eigenvalue weighted by Gasteiger charge is 2.44. The fourth-order valence-corrected chi connectivity index (χ4v) is 2.45. The van der Waals surface area contributed by atoms with E-state index < -0.39 is 24.0 Å². The molecule has 2 N–H and O–H groups in total. The van der Waals surface area contributed by atoms with E-state index in [-0.39, 0.29) is 12.5 Å². The smallest absolute Gasteiger partial charge is 0.407 e. The normalized spacial score (nSPS) is 17.7. The van der Waals surface area contributed by atoms with Crippen molar-refractivity contribution in [3.05, 3.63) is 35.9 Å². The molecule has 7 heteroatoms. The van der Waals surface area contributed by atoms with Crippen LogP contribution in [0.3, 0.4) is 0 Å². The number of nitrogens with one attached hydrogen (secondary N) is 2. The van der Waals surface area contributed by atoms with Crippen LogP contribution in [0.5, 0.6) is 0 Å². The van der Waals surface area contributed by atoms with Crippen LogP contribution in [0.15, 0.2) is 30.3 Å². The van der Waals surface area contributed by atoms with Crippen molar-refractivity contribution < 1.29 is 23.9 Å². The van der Waals surface area contributed by atoms with Crippen molar-refractivity contribution in [3.63, 3.8) is 0 Å². The number of hydrogen-bond donors (Lipinski definition) is 2. The van der Waals surface area contributed by atoms with Gasteiger partial charge in [0.25, 0.3) is 0 Å². The second kappa shape index (κ2) is 11.9. The first-order chi connectivity index (χ1) is 12.6.